The number of benzene rings is 3. The first-order valence-corrected chi connectivity index (χ1v) is 13.7. The Hall–Kier alpha value is -3.40. The van der Waals surface area contributed by atoms with Gasteiger partial charge in [-0.2, -0.15) is 0 Å². The van der Waals surface area contributed by atoms with Crippen molar-refractivity contribution >= 4 is 34.9 Å². The molecule has 2 heterocycles. The van der Waals surface area contributed by atoms with Gasteiger partial charge in [-0.1, -0.05) is 96.9 Å². The Morgan fingerprint density at radius 1 is 0.975 bits per heavy atom. The highest BCUT2D eigenvalue weighted by Crippen LogP contribution is 2.42. The number of carbonyl (C=O) groups excluding carboxylic acids is 1. The highest BCUT2D eigenvalue weighted by molar-refractivity contribution is 6.40. The molecule has 3 N–H and O–H groups in total. The van der Waals surface area contributed by atoms with E-state index in [1.54, 1.807) is 10.9 Å². The lowest BCUT2D eigenvalue weighted by Crippen LogP contribution is -2.39. The SMILES string of the molecule is C[C@@H]1[C@H](Cn2cnc(Cl)c2Cl)O[C@H](c2cccc(NC(=O)NCc3ccccc3)c2)O[C@@H]1c1ccc(CO)cc1. The lowest BCUT2D eigenvalue weighted by atomic mass is 9.90. The lowest BCUT2D eigenvalue weighted by molar-refractivity contribution is -0.276. The molecule has 1 fully saturated rings. The smallest absolute Gasteiger partial charge is 0.319 e. The second kappa shape index (κ2) is 12.8. The van der Waals surface area contributed by atoms with Gasteiger partial charge in [-0.05, 0) is 28.8 Å². The molecule has 8 nitrogen and oxygen atoms in total. The summed E-state index contributed by atoms with van der Waals surface area (Å²) in [7, 11) is 0. The van der Waals surface area contributed by atoms with Crippen LogP contribution in [0.25, 0.3) is 0 Å². The third-order valence-electron chi connectivity index (χ3n) is 6.95. The number of aliphatic hydroxyl groups is 1. The van der Waals surface area contributed by atoms with Crippen LogP contribution < -0.4 is 10.6 Å². The number of carbonyl (C=O) groups is 1. The van der Waals surface area contributed by atoms with Crippen molar-refractivity contribution in [1.29, 1.82) is 0 Å². The highest BCUT2D eigenvalue weighted by atomic mass is 35.5. The van der Waals surface area contributed by atoms with Crippen LogP contribution in [0, 0.1) is 5.92 Å². The minimum atomic E-state index is -0.712. The van der Waals surface area contributed by atoms with Crippen molar-refractivity contribution in [2.45, 2.75) is 45.1 Å². The highest BCUT2D eigenvalue weighted by Gasteiger charge is 2.39. The average molecular weight is 582 g/mol. The van der Waals surface area contributed by atoms with Crippen molar-refractivity contribution in [1.82, 2.24) is 14.9 Å². The van der Waals surface area contributed by atoms with E-state index in [-0.39, 0.29) is 35.9 Å². The predicted molar refractivity (Wildman–Crippen MR) is 154 cm³/mol. The Morgan fingerprint density at radius 3 is 2.45 bits per heavy atom. The number of imidazole rings is 1. The largest absolute Gasteiger partial charge is 0.392 e. The second-order valence-electron chi connectivity index (χ2n) is 9.72. The van der Waals surface area contributed by atoms with Crippen LogP contribution >= 0.6 is 23.2 Å². The van der Waals surface area contributed by atoms with Gasteiger partial charge in [0.05, 0.1) is 31.7 Å². The number of aliphatic hydroxyl groups excluding tert-OH is 1. The Balaban J connectivity index is 1.35. The fraction of sp³-hybridized carbons (Fsp3) is 0.267. The molecule has 5 rings (SSSR count). The molecule has 3 aromatic carbocycles. The summed E-state index contributed by atoms with van der Waals surface area (Å²) in [5.41, 5.74) is 4.16. The summed E-state index contributed by atoms with van der Waals surface area (Å²) in [5, 5.41) is 15.8. The van der Waals surface area contributed by atoms with Crippen LogP contribution in [0.2, 0.25) is 10.3 Å². The number of rotatable bonds is 8. The fourth-order valence-electron chi connectivity index (χ4n) is 4.71. The van der Waals surface area contributed by atoms with Gasteiger partial charge < -0.3 is 29.8 Å². The summed E-state index contributed by atoms with van der Waals surface area (Å²) in [4.78, 5) is 16.7. The van der Waals surface area contributed by atoms with Gasteiger partial charge in [-0.25, -0.2) is 9.78 Å². The zero-order valence-electron chi connectivity index (χ0n) is 21.8. The van der Waals surface area contributed by atoms with Gasteiger partial charge in [0.25, 0.3) is 0 Å². The molecule has 1 aromatic heterocycles. The normalized spacial score (nSPS) is 20.7. The van der Waals surface area contributed by atoms with Crippen molar-refractivity contribution in [2.75, 3.05) is 5.32 Å². The summed E-state index contributed by atoms with van der Waals surface area (Å²) in [6, 6.07) is 24.5. The Labute approximate surface area is 242 Å². The van der Waals surface area contributed by atoms with E-state index >= 15 is 0 Å². The molecule has 4 atom stereocenters. The van der Waals surface area contributed by atoms with E-state index in [1.807, 2.05) is 78.9 Å². The van der Waals surface area contributed by atoms with E-state index < -0.39 is 6.29 Å². The molecule has 1 aliphatic heterocycles. The molecule has 0 bridgehead atoms. The van der Waals surface area contributed by atoms with Crippen LogP contribution in [-0.4, -0.2) is 26.8 Å². The molecule has 1 aliphatic rings. The van der Waals surface area contributed by atoms with Crippen LogP contribution in [0.3, 0.4) is 0 Å². The van der Waals surface area contributed by atoms with Gasteiger partial charge >= 0.3 is 6.03 Å². The molecule has 0 spiro atoms. The number of halogens is 2. The van der Waals surface area contributed by atoms with E-state index in [1.165, 1.54) is 0 Å². The van der Waals surface area contributed by atoms with Crippen LogP contribution in [0.4, 0.5) is 10.5 Å². The minimum absolute atomic E-state index is 0.0334. The van der Waals surface area contributed by atoms with Gasteiger partial charge in [-0.3, -0.25) is 0 Å². The average Bonchev–Trinajstić information content (AvgIpc) is 3.30. The Bertz CT molecular complexity index is 1430. The maximum Gasteiger partial charge on any atom is 0.319 e. The number of hydrogen-bond donors (Lipinski definition) is 3. The number of ether oxygens (including phenoxy) is 2. The van der Waals surface area contributed by atoms with E-state index in [4.69, 9.17) is 32.7 Å². The minimum Gasteiger partial charge on any atom is -0.392 e. The lowest BCUT2D eigenvalue weighted by Gasteiger charge is -2.41. The molecule has 4 aromatic rings. The van der Waals surface area contributed by atoms with Crippen LogP contribution in [0.5, 0.6) is 0 Å². The van der Waals surface area contributed by atoms with Crippen molar-refractivity contribution in [3.05, 3.63) is 118 Å². The number of aromatic nitrogens is 2. The number of amides is 2. The number of anilines is 1. The second-order valence-corrected chi connectivity index (χ2v) is 10.4. The molecule has 0 unspecified atom stereocenters. The Kier molecular flexibility index (Phi) is 9.04. The topological polar surface area (TPSA) is 97.6 Å². The van der Waals surface area contributed by atoms with Crippen LogP contribution in [-0.2, 0) is 29.2 Å². The number of nitrogens with one attached hydrogen (secondary N) is 2. The molecule has 1 saturated heterocycles. The predicted octanol–water partition coefficient (Wildman–Crippen LogP) is 6.50. The van der Waals surface area contributed by atoms with Crippen LogP contribution in [0.1, 0.15) is 41.6 Å². The molecule has 208 valence electrons. The zero-order chi connectivity index (χ0) is 28.1. The number of urea groups is 1. The standard InChI is InChI=1S/C30H30Cl2N4O4/c1-19-25(16-36-18-34-27(31)28(36)32)39-29(40-26(19)22-12-10-21(17-37)11-13-22)23-8-5-9-24(14-23)35-30(38)33-15-20-6-3-2-4-7-20/h2-14,18-19,25-26,29,37H,15-17H2,1H3,(H2,33,35,38)/t19-,25+,26+,29+/m1/s1. The first-order valence-electron chi connectivity index (χ1n) is 13.0. The third kappa shape index (κ3) is 6.66. The van der Waals surface area contributed by atoms with Gasteiger partial charge in [-0.15, -0.1) is 0 Å². The zero-order valence-corrected chi connectivity index (χ0v) is 23.3. The maximum absolute atomic E-state index is 12.6. The third-order valence-corrected chi connectivity index (χ3v) is 7.71. The summed E-state index contributed by atoms with van der Waals surface area (Å²) >= 11 is 12.4. The quantitative estimate of drug-likeness (QED) is 0.221. The molecule has 10 heteroatoms. The molecule has 2 amide bonds. The van der Waals surface area contributed by atoms with Gasteiger partial charge in [0, 0.05) is 23.7 Å². The summed E-state index contributed by atoms with van der Waals surface area (Å²) in [5.74, 6) is -0.0569. The first-order chi connectivity index (χ1) is 19.4. The number of nitrogens with zero attached hydrogens (tertiary/aromatic N) is 2. The Morgan fingerprint density at radius 2 is 1.75 bits per heavy atom. The van der Waals surface area contributed by atoms with E-state index in [0.29, 0.717) is 23.9 Å². The first kappa shape index (κ1) is 28.1. The van der Waals surface area contributed by atoms with Crippen molar-refractivity contribution in [3.63, 3.8) is 0 Å². The van der Waals surface area contributed by atoms with Gasteiger partial charge in [0.15, 0.2) is 11.4 Å². The summed E-state index contributed by atoms with van der Waals surface area (Å²) in [6.07, 6.45) is 0.278. The fourth-order valence-corrected chi connectivity index (χ4v) is 5.02. The monoisotopic (exact) mass is 580 g/mol. The van der Waals surface area contributed by atoms with Crippen LogP contribution in [0.15, 0.2) is 85.2 Å². The molecular formula is C30H30Cl2N4O4. The molecule has 0 aliphatic carbocycles. The van der Waals surface area contributed by atoms with Crippen molar-refractivity contribution in [2.24, 2.45) is 5.92 Å². The van der Waals surface area contributed by atoms with Gasteiger partial charge in [0.2, 0.25) is 0 Å². The molecule has 40 heavy (non-hydrogen) atoms. The summed E-state index contributed by atoms with van der Waals surface area (Å²) in [6.45, 7) is 2.87. The summed E-state index contributed by atoms with van der Waals surface area (Å²) < 4.78 is 14.7. The molecular weight excluding hydrogens is 551 g/mol. The molecule has 0 saturated carbocycles. The van der Waals surface area contributed by atoms with Gasteiger partial charge in [0.1, 0.15) is 5.15 Å². The maximum atomic E-state index is 12.6. The number of hydrogen-bond acceptors (Lipinski definition) is 5. The van der Waals surface area contributed by atoms with E-state index in [0.717, 1.165) is 22.3 Å². The van der Waals surface area contributed by atoms with E-state index in [2.05, 4.69) is 22.5 Å². The van der Waals surface area contributed by atoms with Crippen molar-refractivity contribution in [3.8, 4) is 0 Å². The van der Waals surface area contributed by atoms with E-state index in [9.17, 15) is 9.90 Å². The molecule has 0 radical (unpaired) electrons. The van der Waals surface area contributed by atoms with Crippen molar-refractivity contribution < 1.29 is 19.4 Å².